The topological polar surface area (TPSA) is 46.6 Å². The number of rotatable bonds is 6. The number of ether oxygens (including phenoxy) is 1. The van der Waals surface area contributed by atoms with Crippen molar-refractivity contribution in [3.8, 4) is 0 Å². The molecule has 0 aromatic heterocycles. The van der Waals surface area contributed by atoms with Gasteiger partial charge in [-0.05, 0) is 24.3 Å². The molecule has 0 spiro atoms. The molecule has 0 saturated heterocycles. The van der Waals surface area contributed by atoms with E-state index in [1.54, 1.807) is 0 Å². The van der Waals surface area contributed by atoms with Crippen molar-refractivity contribution in [2.75, 3.05) is 27.3 Å². The molecule has 102 valence electrons. The highest BCUT2D eigenvalue weighted by atomic mass is 35.5. The highest BCUT2D eigenvalue weighted by Crippen LogP contribution is 2.18. The Balaban J connectivity index is 2.83. The molecule has 0 bridgehead atoms. The van der Waals surface area contributed by atoms with Crippen molar-refractivity contribution in [3.63, 3.8) is 0 Å². The lowest BCUT2D eigenvalue weighted by atomic mass is 10.4. The van der Waals surface area contributed by atoms with Gasteiger partial charge in [0.05, 0.1) is 16.9 Å². The third-order valence-corrected chi connectivity index (χ3v) is 4.68. The normalized spacial score (nSPS) is 13.8. The average molecular weight is 312 g/mol. The monoisotopic (exact) mass is 311 g/mol. The molecule has 1 rings (SSSR count). The van der Waals surface area contributed by atoms with E-state index < -0.39 is 10.0 Å². The van der Waals surface area contributed by atoms with E-state index in [4.69, 9.17) is 27.9 Å². The molecule has 1 unspecified atom stereocenters. The minimum absolute atomic E-state index is 0.181. The van der Waals surface area contributed by atoms with Crippen LogP contribution in [0.3, 0.4) is 0 Å². The van der Waals surface area contributed by atoms with Gasteiger partial charge in [-0.25, -0.2) is 8.42 Å². The largest absolute Gasteiger partial charge is 0.383 e. The summed E-state index contributed by atoms with van der Waals surface area (Å²) in [4.78, 5) is 0.190. The lowest BCUT2D eigenvalue weighted by Gasteiger charge is -2.19. The van der Waals surface area contributed by atoms with Crippen LogP contribution in [0.15, 0.2) is 29.2 Å². The highest BCUT2D eigenvalue weighted by molar-refractivity contribution is 7.89. The van der Waals surface area contributed by atoms with Gasteiger partial charge in [-0.2, -0.15) is 4.31 Å². The molecule has 1 aromatic rings. The van der Waals surface area contributed by atoms with Crippen molar-refractivity contribution in [1.29, 1.82) is 0 Å². The predicted octanol–water partition coefficient (Wildman–Crippen LogP) is 2.21. The maximum absolute atomic E-state index is 12.2. The van der Waals surface area contributed by atoms with E-state index in [-0.39, 0.29) is 16.8 Å². The molecule has 1 aromatic carbocycles. The van der Waals surface area contributed by atoms with Gasteiger partial charge in [0.2, 0.25) is 10.0 Å². The first-order chi connectivity index (χ1) is 8.37. The molecule has 0 radical (unpaired) electrons. The zero-order chi connectivity index (χ0) is 13.8. The number of nitrogens with zero attached hydrogens (tertiary/aromatic N) is 1. The molecular weight excluding hydrogens is 297 g/mol. The number of hydrogen-bond acceptors (Lipinski definition) is 3. The van der Waals surface area contributed by atoms with E-state index in [9.17, 15) is 8.42 Å². The Morgan fingerprint density at radius 3 is 2.39 bits per heavy atom. The Bertz CT molecular complexity index is 476. The number of hydrogen-bond donors (Lipinski definition) is 0. The van der Waals surface area contributed by atoms with E-state index in [1.165, 1.54) is 42.7 Å². The first-order valence-corrected chi connectivity index (χ1v) is 7.48. The van der Waals surface area contributed by atoms with Gasteiger partial charge in [0, 0.05) is 25.7 Å². The fourth-order valence-electron chi connectivity index (χ4n) is 1.40. The summed E-state index contributed by atoms with van der Waals surface area (Å²) in [6.07, 6.45) is 0. The fraction of sp³-hybridized carbons (Fsp3) is 0.455. The van der Waals surface area contributed by atoms with Crippen molar-refractivity contribution < 1.29 is 13.2 Å². The fourth-order valence-corrected chi connectivity index (χ4v) is 3.15. The van der Waals surface area contributed by atoms with Gasteiger partial charge in [-0.15, -0.1) is 11.6 Å². The lowest BCUT2D eigenvalue weighted by molar-refractivity contribution is 0.192. The number of sulfonamides is 1. The van der Waals surface area contributed by atoms with Gasteiger partial charge in [0.15, 0.2) is 0 Å². The summed E-state index contributed by atoms with van der Waals surface area (Å²) < 4.78 is 30.4. The van der Waals surface area contributed by atoms with Crippen LogP contribution < -0.4 is 0 Å². The molecule has 0 aliphatic heterocycles. The van der Waals surface area contributed by atoms with Crippen LogP contribution in [0.2, 0.25) is 5.02 Å². The molecule has 0 N–H and O–H groups in total. The van der Waals surface area contributed by atoms with Crippen molar-refractivity contribution >= 4 is 33.2 Å². The van der Waals surface area contributed by atoms with E-state index in [1.807, 2.05) is 0 Å². The first kappa shape index (κ1) is 15.7. The summed E-state index contributed by atoms with van der Waals surface area (Å²) >= 11 is 11.7. The Labute approximate surface area is 117 Å². The predicted molar refractivity (Wildman–Crippen MR) is 72.8 cm³/mol. The molecule has 0 amide bonds. The standard InChI is InChI=1S/C11H15Cl2NO3S/c1-14(7-10(13)8-17-2)18(15,16)11-5-3-9(12)4-6-11/h3-6,10H,7-8H2,1-2H3. The molecular formula is C11H15Cl2NO3S. The van der Waals surface area contributed by atoms with E-state index in [2.05, 4.69) is 0 Å². The van der Waals surface area contributed by atoms with Crippen molar-refractivity contribution in [2.45, 2.75) is 10.3 Å². The smallest absolute Gasteiger partial charge is 0.242 e. The minimum atomic E-state index is -3.53. The van der Waals surface area contributed by atoms with E-state index in [0.29, 0.717) is 11.6 Å². The van der Waals surface area contributed by atoms with E-state index >= 15 is 0 Å². The molecule has 18 heavy (non-hydrogen) atoms. The van der Waals surface area contributed by atoms with Gasteiger partial charge in [0.25, 0.3) is 0 Å². The lowest BCUT2D eigenvalue weighted by Crippen LogP contribution is -2.33. The molecule has 0 heterocycles. The van der Waals surface area contributed by atoms with Crippen molar-refractivity contribution in [1.82, 2.24) is 4.31 Å². The van der Waals surface area contributed by atoms with Crippen molar-refractivity contribution in [2.24, 2.45) is 0 Å². The number of halogens is 2. The molecule has 0 aliphatic carbocycles. The van der Waals surface area contributed by atoms with Crippen LogP contribution >= 0.6 is 23.2 Å². The van der Waals surface area contributed by atoms with Crippen LogP contribution in [0, 0.1) is 0 Å². The molecule has 1 atom stereocenters. The van der Waals surface area contributed by atoms with E-state index in [0.717, 1.165) is 0 Å². The zero-order valence-corrected chi connectivity index (χ0v) is 12.5. The van der Waals surface area contributed by atoms with Crippen LogP contribution in [0.25, 0.3) is 0 Å². The molecule has 0 saturated carbocycles. The van der Waals surface area contributed by atoms with Crippen molar-refractivity contribution in [3.05, 3.63) is 29.3 Å². The highest BCUT2D eigenvalue weighted by Gasteiger charge is 2.22. The summed E-state index contributed by atoms with van der Waals surface area (Å²) in [5.41, 5.74) is 0. The Hall–Kier alpha value is -0.330. The third kappa shape index (κ3) is 4.10. The van der Waals surface area contributed by atoms with Crippen LogP contribution in [0.1, 0.15) is 0 Å². The third-order valence-electron chi connectivity index (χ3n) is 2.32. The van der Waals surface area contributed by atoms with Crippen LogP contribution in [-0.4, -0.2) is 45.4 Å². The second-order valence-electron chi connectivity index (χ2n) is 3.79. The second kappa shape index (κ2) is 6.73. The Morgan fingerprint density at radius 1 is 1.33 bits per heavy atom. The van der Waals surface area contributed by atoms with Gasteiger partial charge < -0.3 is 4.74 Å². The minimum Gasteiger partial charge on any atom is -0.383 e. The van der Waals surface area contributed by atoms with Crippen LogP contribution in [-0.2, 0) is 14.8 Å². The Kier molecular flexibility index (Phi) is 5.88. The molecule has 0 fully saturated rings. The van der Waals surface area contributed by atoms with Gasteiger partial charge in [-0.1, -0.05) is 11.6 Å². The maximum atomic E-state index is 12.2. The summed E-state index contributed by atoms with van der Waals surface area (Å²) in [6, 6.07) is 6.01. The molecule has 0 aliphatic rings. The number of benzene rings is 1. The molecule has 7 heteroatoms. The SMILES string of the molecule is COCC(Cl)CN(C)S(=O)(=O)c1ccc(Cl)cc1. The summed E-state index contributed by atoms with van der Waals surface area (Å²) in [5.74, 6) is 0. The van der Waals surface area contributed by atoms with Gasteiger partial charge in [0.1, 0.15) is 0 Å². The van der Waals surface area contributed by atoms with Gasteiger partial charge >= 0.3 is 0 Å². The summed E-state index contributed by atoms with van der Waals surface area (Å²) in [5, 5.41) is 0.105. The molecule has 4 nitrogen and oxygen atoms in total. The number of alkyl halides is 1. The van der Waals surface area contributed by atoms with Gasteiger partial charge in [-0.3, -0.25) is 0 Å². The maximum Gasteiger partial charge on any atom is 0.242 e. The van der Waals surface area contributed by atoms with Crippen LogP contribution in [0.4, 0.5) is 0 Å². The van der Waals surface area contributed by atoms with Crippen LogP contribution in [0.5, 0.6) is 0 Å². The summed E-state index contributed by atoms with van der Waals surface area (Å²) in [6.45, 7) is 0.475. The first-order valence-electron chi connectivity index (χ1n) is 5.23. The average Bonchev–Trinajstić information content (AvgIpc) is 2.29. The zero-order valence-electron chi connectivity index (χ0n) is 10.1. The Morgan fingerprint density at radius 2 is 1.89 bits per heavy atom. The number of methoxy groups -OCH3 is 1. The quantitative estimate of drug-likeness (QED) is 0.757. The summed E-state index contributed by atoms with van der Waals surface area (Å²) in [7, 11) is -0.536. The second-order valence-corrected chi connectivity index (χ2v) is 6.89.